The highest BCUT2D eigenvalue weighted by Crippen LogP contribution is 2.53. The molecule has 234 valence electrons. The van der Waals surface area contributed by atoms with Crippen LogP contribution in [-0.2, 0) is 23.5 Å². The molecular formula is C31H28F4N6O3S. The fourth-order valence-electron chi connectivity index (χ4n) is 7.00. The minimum absolute atomic E-state index is 0.0365. The molecule has 3 aromatic heterocycles. The zero-order chi connectivity index (χ0) is 31.7. The SMILES string of the molecule is Cn1ccc(S(=O)(=O)N(C2CC(F)(F)C2)[C@H]2CCC3=Cc4c(cnn4-c4ccc(F)cc4)C[C@]3(C(=O)c3cc(F)ccn3)C2)n1. The van der Waals surface area contributed by atoms with Gasteiger partial charge in [0.05, 0.1) is 23.0 Å². The zero-order valence-electron chi connectivity index (χ0n) is 24.1. The van der Waals surface area contributed by atoms with E-state index in [0.717, 1.165) is 16.4 Å². The standard InChI is InChI=1S/C31H28F4N6O3S/c1-39-11-9-28(38-39)45(43,44)41(25-16-31(34,35)17-25)24-5-2-20-12-27-19(18-37-40(27)23-6-3-21(32)4-7-23)14-30(20,15-24)29(42)26-13-22(33)8-10-36-26/h3-4,6-13,18,24-25H,2,5,14-17H2,1H3/t24-,30-/m0/s1. The summed E-state index contributed by atoms with van der Waals surface area (Å²) in [4.78, 5) is 18.6. The number of halogens is 4. The van der Waals surface area contributed by atoms with Crippen molar-refractivity contribution in [2.45, 2.75) is 61.6 Å². The number of fused-ring (bicyclic) bond motifs is 2. The van der Waals surface area contributed by atoms with Gasteiger partial charge in [-0.05, 0) is 73.7 Å². The summed E-state index contributed by atoms with van der Waals surface area (Å²) < 4.78 is 88.5. The lowest BCUT2D eigenvalue weighted by Gasteiger charge is -2.50. The molecule has 9 nitrogen and oxygen atoms in total. The van der Waals surface area contributed by atoms with E-state index in [1.165, 1.54) is 35.3 Å². The number of carbonyl (C=O) groups excluding carboxylic acids is 1. The van der Waals surface area contributed by atoms with Gasteiger partial charge in [-0.25, -0.2) is 30.7 Å². The molecule has 0 amide bonds. The Morgan fingerprint density at radius 3 is 2.44 bits per heavy atom. The second-order valence-corrected chi connectivity index (χ2v) is 13.8. The maximum atomic E-state index is 14.4. The molecule has 0 saturated heterocycles. The molecule has 0 unspecified atom stereocenters. The van der Waals surface area contributed by atoms with Crippen LogP contribution >= 0.6 is 0 Å². The molecule has 1 aromatic carbocycles. The van der Waals surface area contributed by atoms with E-state index in [9.17, 15) is 30.8 Å². The molecule has 2 saturated carbocycles. The highest BCUT2D eigenvalue weighted by atomic mass is 32.2. The van der Waals surface area contributed by atoms with Crippen molar-refractivity contribution in [1.29, 1.82) is 0 Å². The number of hydrogen-bond donors (Lipinski definition) is 0. The third-order valence-corrected chi connectivity index (χ3v) is 11.0. The number of sulfonamides is 1. The van der Waals surface area contributed by atoms with E-state index < -0.39 is 63.7 Å². The molecule has 0 spiro atoms. The molecule has 7 rings (SSSR count). The van der Waals surface area contributed by atoms with Crippen molar-refractivity contribution >= 4 is 21.9 Å². The van der Waals surface area contributed by atoms with Crippen LogP contribution in [0.4, 0.5) is 17.6 Å². The van der Waals surface area contributed by atoms with E-state index >= 15 is 0 Å². The van der Waals surface area contributed by atoms with Crippen molar-refractivity contribution in [3.05, 3.63) is 95.2 Å². The zero-order valence-corrected chi connectivity index (χ0v) is 24.9. The van der Waals surface area contributed by atoms with E-state index in [1.54, 1.807) is 30.1 Å². The molecule has 0 radical (unpaired) electrons. The third kappa shape index (κ3) is 4.99. The van der Waals surface area contributed by atoms with Crippen LogP contribution in [0.25, 0.3) is 11.8 Å². The van der Waals surface area contributed by atoms with Crippen molar-refractivity contribution in [3.8, 4) is 5.69 Å². The number of nitrogens with zero attached hydrogens (tertiary/aromatic N) is 6. The smallest absolute Gasteiger partial charge is 0.262 e. The van der Waals surface area contributed by atoms with Crippen LogP contribution in [0.3, 0.4) is 0 Å². The number of allylic oxidation sites excluding steroid dienone is 1. The Morgan fingerprint density at radius 1 is 1.02 bits per heavy atom. The normalized spacial score (nSPS) is 22.8. The molecule has 14 heteroatoms. The number of benzene rings is 1. The minimum atomic E-state index is -4.33. The molecule has 2 fully saturated rings. The van der Waals surface area contributed by atoms with Gasteiger partial charge in [0.15, 0.2) is 10.8 Å². The van der Waals surface area contributed by atoms with E-state index in [4.69, 9.17) is 0 Å². The quantitative estimate of drug-likeness (QED) is 0.205. The average molecular weight is 641 g/mol. The summed E-state index contributed by atoms with van der Waals surface area (Å²) in [5, 5.41) is 8.30. The maximum Gasteiger partial charge on any atom is 0.262 e. The van der Waals surface area contributed by atoms with Crippen LogP contribution in [0.15, 0.2) is 71.7 Å². The molecule has 3 aliphatic rings. The van der Waals surface area contributed by atoms with Gasteiger partial charge in [-0.2, -0.15) is 14.5 Å². The van der Waals surface area contributed by atoms with Crippen LogP contribution in [0, 0.1) is 17.0 Å². The number of rotatable bonds is 7. The number of ketones is 1. The van der Waals surface area contributed by atoms with Gasteiger partial charge in [-0.3, -0.25) is 14.5 Å². The highest BCUT2D eigenvalue weighted by molar-refractivity contribution is 7.89. The molecule has 4 aromatic rings. The number of alkyl halides is 2. The van der Waals surface area contributed by atoms with Crippen molar-refractivity contribution in [3.63, 3.8) is 0 Å². The Balaban J connectivity index is 1.33. The largest absolute Gasteiger partial charge is 0.291 e. The Labute approximate surface area is 256 Å². The van der Waals surface area contributed by atoms with Crippen LogP contribution in [0.2, 0.25) is 0 Å². The molecule has 0 aliphatic heterocycles. The lowest BCUT2D eigenvalue weighted by Crippen LogP contribution is -2.59. The third-order valence-electron chi connectivity index (χ3n) is 9.11. The Hall–Kier alpha value is -4.17. The number of carbonyl (C=O) groups is 1. The summed E-state index contributed by atoms with van der Waals surface area (Å²) in [5.41, 5.74) is 1.17. The number of aryl methyl sites for hydroxylation is 1. The first kappa shape index (κ1) is 29.5. The van der Waals surface area contributed by atoms with Gasteiger partial charge in [-0.15, -0.1) is 0 Å². The second kappa shape index (κ2) is 10.4. The van der Waals surface area contributed by atoms with E-state index in [2.05, 4.69) is 15.2 Å². The summed E-state index contributed by atoms with van der Waals surface area (Å²) >= 11 is 0. The first-order valence-corrected chi connectivity index (χ1v) is 15.9. The van der Waals surface area contributed by atoms with Crippen molar-refractivity contribution < 1.29 is 30.8 Å². The Kier molecular flexibility index (Phi) is 6.85. The average Bonchev–Trinajstić information content (AvgIpc) is 3.61. The van der Waals surface area contributed by atoms with Crippen LogP contribution in [0.5, 0.6) is 0 Å². The van der Waals surface area contributed by atoms with Gasteiger partial charge in [0, 0.05) is 50.4 Å². The molecule has 3 aliphatic carbocycles. The number of Topliss-reactive ketones (excluding diaryl/α,β-unsaturated/α-hetero) is 1. The van der Waals surface area contributed by atoms with Gasteiger partial charge in [0.2, 0.25) is 0 Å². The van der Waals surface area contributed by atoms with Crippen LogP contribution in [0.1, 0.15) is 53.8 Å². The molecule has 0 bridgehead atoms. The minimum Gasteiger partial charge on any atom is -0.291 e. The maximum absolute atomic E-state index is 14.4. The first-order valence-electron chi connectivity index (χ1n) is 14.5. The summed E-state index contributed by atoms with van der Waals surface area (Å²) in [6.07, 6.45) is 5.38. The molecule has 3 heterocycles. The predicted octanol–water partition coefficient (Wildman–Crippen LogP) is 5.13. The Morgan fingerprint density at radius 2 is 1.78 bits per heavy atom. The lowest BCUT2D eigenvalue weighted by atomic mass is 9.60. The molecular weight excluding hydrogens is 612 g/mol. The summed E-state index contributed by atoms with van der Waals surface area (Å²) in [5.74, 6) is -4.56. The second-order valence-electron chi connectivity index (χ2n) is 12.0. The summed E-state index contributed by atoms with van der Waals surface area (Å²) in [6, 6.07) is 7.46. The highest BCUT2D eigenvalue weighted by Gasteiger charge is 2.57. The fraction of sp³-hybridized carbons (Fsp3) is 0.355. The summed E-state index contributed by atoms with van der Waals surface area (Å²) in [6.45, 7) is 0. The number of pyridine rings is 1. The van der Waals surface area contributed by atoms with Crippen LogP contribution < -0.4 is 0 Å². The Bertz CT molecular complexity index is 1950. The molecule has 45 heavy (non-hydrogen) atoms. The molecule has 2 atom stereocenters. The van der Waals surface area contributed by atoms with Gasteiger partial charge >= 0.3 is 0 Å². The van der Waals surface area contributed by atoms with Gasteiger partial charge in [-0.1, -0.05) is 5.57 Å². The van der Waals surface area contributed by atoms with Gasteiger partial charge < -0.3 is 0 Å². The number of hydrogen-bond acceptors (Lipinski definition) is 6. The summed E-state index contributed by atoms with van der Waals surface area (Å²) in [7, 11) is -2.77. The predicted molar refractivity (Wildman–Crippen MR) is 154 cm³/mol. The van der Waals surface area contributed by atoms with Crippen molar-refractivity contribution in [1.82, 2.24) is 28.9 Å². The van der Waals surface area contributed by atoms with Gasteiger partial charge in [0.1, 0.15) is 17.3 Å². The first-order chi connectivity index (χ1) is 21.4. The van der Waals surface area contributed by atoms with E-state index in [0.29, 0.717) is 22.5 Å². The fourth-order valence-corrected chi connectivity index (χ4v) is 8.80. The number of aromatic nitrogens is 5. The van der Waals surface area contributed by atoms with Crippen LogP contribution in [-0.4, -0.2) is 61.1 Å². The van der Waals surface area contributed by atoms with Crippen molar-refractivity contribution in [2.24, 2.45) is 12.5 Å². The van der Waals surface area contributed by atoms with E-state index in [1.807, 2.05) is 6.08 Å². The monoisotopic (exact) mass is 640 g/mol. The lowest BCUT2D eigenvalue weighted by molar-refractivity contribution is -0.116. The van der Waals surface area contributed by atoms with Gasteiger partial charge in [0.25, 0.3) is 15.9 Å². The van der Waals surface area contributed by atoms with E-state index in [-0.39, 0.29) is 36.4 Å². The molecule has 0 N–H and O–H groups in total. The topological polar surface area (TPSA) is 103 Å². The van der Waals surface area contributed by atoms with Crippen molar-refractivity contribution in [2.75, 3.05) is 0 Å².